The van der Waals surface area contributed by atoms with Crippen LogP contribution in [0.5, 0.6) is 0 Å². The Kier molecular flexibility index (Phi) is 34.9. The highest BCUT2D eigenvalue weighted by Gasteiger charge is 2.22. The summed E-state index contributed by atoms with van der Waals surface area (Å²) in [5, 5.41) is 9.53. The molecule has 0 aliphatic heterocycles. The number of aliphatic hydroxyl groups is 1. The molecule has 0 heterocycles. The van der Waals surface area contributed by atoms with E-state index in [9.17, 15) is 19.3 Å². The van der Waals surface area contributed by atoms with Crippen LogP contribution in [0, 0.1) is 0 Å². The van der Waals surface area contributed by atoms with Crippen LogP contribution in [0.2, 0.25) is 0 Å². The smallest absolute Gasteiger partial charge is 0.462 e. The third-order valence-corrected chi connectivity index (χ3v) is 9.00. The Balaban J connectivity index is 4.04. The largest absolute Gasteiger partial charge is 0.469 e. The monoisotopic (exact) mass is 740 g/mol. The Hall–Kier alpha value is -2.03. The van der Waals surface area contributed by atoms with Crippen molar-refractivity contribution < 1.29 is 43.0 Å². The van der Waals surface area contributed by atoms with Crippen LogP contribution in [0.3, 0.4) is 0 Å². The number of aliphatic hydroxyl groups excluding tert-OH is 1. The SMILES string of the molecule is CCCCCCCCCCCCCCCCCC(=O)O[C@H](COC(=O)CCC/C=C\C/C=C\C/C=C\C/C=C\CC[C@@H](O)CC)COP(=O)(O)O. The predicted octanol–water partition coefficient (Wildman–Crippen LogP) is 10.9. The van der Waals surface area contributed by atoms with Gasteiger partial charge < -0.3 is 24.4 Å². The van der Waals surface area contributed by atoms with E-state index >= 15 is 0 Å². The molecule has 0 bridgehead atoms. The molecule has 0 saturated carbocycles. The molecule has 0 unspecified atom stereocenters. The summed E-state index contributed by atoms with van der Waals surface area (Å²) in [6, 6.07) is 0. The second-order valence-electron chi connectivity index (χ2n) is 13.4. The van der Waals surface area contributed by atoms with Crippen molar-refractivity contribution in [3.63, 3.8) is 0 Å². The van der Waals surface area contributed by atoms with Gasteiger partial charge in [0.2, 0.25) is 0 Å². The van der Waals surface area contributed by atoms with Crippen LogP contribution in [-0.2, 0) is 28.2 Å². The number of unbranched alkanes of at least 4 members (excludes halogenated alkanes) is 15. The molecule has 0 aromatic heterocycles. The van der Waals surface area contributed by atoms with Crippen molar-refractivity contribution in [2.45, 2.75) is 187 Å². The van der Waals surface area contributed by atoms with Gasteiger partial charge in [-0.15, -0.1) is 0 Å². The van der Waals surface area contributed by atoms with Gasteiger partial charge in [0.05, 0.1) is 12.7 Å². The predicted molar refractivity (Wildman–Crippen MR) is 208 cm³/mol. The van der Waals surface area contributed by atoms with E-state index < -0.39 is 32.5 Å². The molecule has 10 heteroatoms. The first-order valence-corrected chi connectivity index (χ1v) is 21.5. The fourth-order valence-corrected chi connectivity index (χ4v) is 5.71. The number of carbonyl (C=O) groups is 2. The number of allylic oxidation sites excluding steroid dienone is 8. The van der Waals surface area contributed by atoms with E-state index in [1.54, 1.807) is 0 Å². The summed E-state index contributed by atoms with van der Waals surface area (Å²) in [5.41, 5.74) is 0. The summed E-state index contributed by atoms with van der Waals surface area (Å²) in [5.74, 6) is -0.967. The second-order valence-corrected chi connectivity index (χ2v) is 14.6. The highest BCUT2D eigenvalue weighted by Crippen LogP contribution is 2.36. The van der Waals surface area contributed by atoms with Gasteiger partial charge in [-0.2, -0.15) is 0 Å². The van der Waals surface area contributed by atoms with Gasteiger partial charge in [0.25, 0.3) is 0 Å². The lowest BCUT2D eigenvalue weighted by atomic mass is 10.0. The van der Waals surface area contributed by atoms with Crippen LogP contribution >= 0.6 is 7.82 Å². The summed E-state index contributed by atoms with van der Waals surface area (Å²) in [7, 11) is -4.77. The van der Waals surface area contributed by atoms with Crippen LogP contribution in [0.4, 0.5) is 0 Å². The molecule has 0 fully saturated rings. The van der Waals surface area contributed by atoms with Gasteiger partial charge in [-0.1, -0.05) is 152 Å². The molecular formula is C41H73O9P. The average Bonchev–Trinajstić information content (AvgIpc) is 3.10. The number of carbonyl (C=O) groups excluding carboxylic acids is 2. The summed E-state index contributed by atoms with van der Waals surface area (Å²) in [4.78, 5) is 42.7. The maximum atomic E-state index is 12.4. The molecule has 3 N–H and O–H groups in total. The van der Waals surface area contributed by atoms with Gasteiger partial charge in [0.1, 0.15) is 6.61 Å². The van der Waals surface area contributed by atoms with Gasteiger partial charge in [-0.05, 0) is 57.8 Å². The maximum absolute atomic E-state index is 12.4. The van der Waals surface area contributed by atoms with Crippen molar-refractivity contribution in [3.05, 3.63) is 48.6 Å². The van der Waals surface area contributed by atoms with Crippen molar-refractivity contribution in [1.82, 2.24) is 0 Å². The van der Waals surface area contributed by atoms with Crippen molar-refractivity contribution in [1.29, 1.82) is 0 Å². The third kappa shape index (κ3) is 39.0. The van der Waals surface area contributed by atoms with E-state index in [1.807, 2.05) is 19.1 Å². The summed E-state index contributed by atoms with van der Waals surface area (Å²) in [6.07, 6.45) is 40.6. The number of esters is 2. The molecule has 0 aliphatic carbocycles. The van der Waals surface area contributed by atoms with Gasteiger partial charge in [0, 0.05) is 12.8 Å². The van der Waals surface area contributed by atoms with Crippen molar-refractivity contribution >= 4 is 19.8 Å². The topological polar surface area (TPSA) is 140 Å². The molecule has 0 saturated heterocycles. The number of ether oxygens (including phenoxy) is 2. The molecule has 2 atom stereocenters. The number of rotatable bonds is 36. The molecular weight excluding hydrogens is 667 g/mol. The maximum Gasteiger partial charge on any atom is 0.469 e. The number of hydrogen-bond donors (Lipinski definition) is 3. The second kappa shape index (κ2) is 36.3. The fourth-order valence-electron chi connectivity index (χ4n) is 5.35. The van der Waals surface area contributed by atoms with E-state index in [2.05, 4.69) is 47.9 Å². The molecule has 296 valence electrons. The normalized spacial score (nSPS) is 13.6. The standard InChI is InChI=1S/C41H73O9P/c1-3-5-6-7-8-9-10-11-12-17-20-23-26-29-32-35-41(44)50-39(37-49-51(45,46)47)36-48-40(43)34-31-28-25-22-19-16-14-13-15-18-21-24-27-30-33-38(42)4-2/h14-16,18,22,24-25,27,38-39,42H,3-13,17,19-21,23,26,28-37H2,1-2H3,(H2,45,46,47)/b16-14-,18-15-,25-22-,27-24-/t38-,39+/m0/s1. The van der Waals surface area contributed by atoms with Crippen molar-refractivity contribution in [3.8, 4) is 0 Å². The molecule has 9 nitrogen and oxygen atoms in total. The lowest BCUT2D eigenvalue weighted by molar-refractivity contribution is -0.161. The van der Waals surface area contributed by atoms with Crippen LogP contribution in [0.25, 0.3) is 0 Å². The van der Waals surface area contributed by atoms with Crippen LogP contribution in [0.15, 0.2) is 48.6 Å². The van der Waals surface area contributed by atoms with E-state index in [4.69, 9.17) is 19.3 Å². The minimum absolute atomic E-state index is 0.178. The molecule has 51 heavy (non-hydrogen) atoms. The summed E-state index contributed by atoms with van der Waals surface area (Å²) >= 11 is 0. The quantitative estimate of drug-likeness (QED) is 0.0248. The minimum Gasteiger partial charge on any atom is -0.462 e. The van der Waals surface area contributed by atoms with Crippen LogP contribution in [-0.4, -0.2) is 52.3 Å². The first-order valence-electron chi connectivity index (χ1n) is 20.0. The molecule has 0 spiro atoms. The van der Waals surface area contributed by atoms with E-state index in [0.717, 1.165) is 57.8 Å². The van der Waals surface area contributed by atoms with E-state index in [-0.39, 0.29) is 25.6 Å². The highest BCUT2D eigenvalue weighted by atomic mass is 31.2. The van der Waals surface area contributed by atoms with Crippen molar-refractivity contribution in [2.24, 2.45) is 0 Å². The Bertz CT molecular complexity index is 986. The summed E-state index contributed by atoms with van der Waals surface area (Å²) < 4.78 is 26.3. The number of hydrogen-bond acceptors (Lipinski definition) is 7. The lowest BCUT2D eigenvalue weighted by Crippen LogP contribution is -2.29. The zero-order valence-corrected chi connectivity index (χ0v) is 33.0. The molecule has 0 rings (SSSR count). The van der Waals surface area contributed by atoms with Gasteiger partial charge in [-0.25, -0.2) is 4.57 Å². The molecule has 0 radical (unpaired) electrons. The molecule has 0 aliphatic rings. The lowest BCUT2D eigenvalue weighted by Gasteiger charge is -2.18. The van der Waals surface area contributed by atoms with Gasteiger partial charge in [-0.3, -0.25) is 14.1 Å². The molecule has 0 aromatic rings. The molecule has 0 amide bonds. The van der Waals surface area contributed by atoms with Crippen LogP contribution in [0.1, 0.15) is 174 Å². The fraction of sp³-hybridized carbons (Fsp3) is 0.756. The molecule has 0 aromatic carbocycles. The average molecular weight is 741 g/mol. The number of phosphoric ester groups is 1. The minimum atomic E-state index is -4.77. The van der Waals surface area contributed by atoms with Gasteiger partial charge >= 0.3 is 19.8 Å². The first kappa shape index (κ1) is 49.0. The third-order valence-electron chi connectivity index (χ3n) is 8.51. The Labute approximate surface area is 310 Å². The zero-order valence-electron chi connectivity index (χ0n) is 32.1. The number of phosphoric acid groups is 1. The van der Waals surface area contributed by atoms with E-state index in [0.29, 0.717) is 19.3 Å². The summed E-state index contributed by atoms with van der Waals surface area (Å²) in [6.45, 7) is 3.36. The zero-order chi connectivity index (χ0) is 37.7. The van der Waals surface area contributed by atoms with Crippen molar-refractivity contribution in [2.75, 3.05) is 13.2 Å². The Morgan fingerprint density at radius 1 is 0.588 bits per heavy atom. The first-order chi connectivity index (χ1) is 24.7. The van der Waals surface area contributed by atoms with E-state index in [1.165, 1.54) is 70.6 Å². The Morgan fingerprint density at radius 2 is 1.04 bits per heavy atom. The highest BCUT2D eigenvalue weighted by molar-refractivity contribution is 7.46. The van der Waals surface area contributed by atoms with Crippen LogP contribution < -0.4 is 0 Å². The Morgan fingerprint density at radius 3 is 1.53 bits per heavy atom. The van der Waals surface area contributed by atoms with Gasteiger partial charge in [0.15, 0.2) is 6.10 Å².